The first-order chi connectivity index (χ1) is 12.2. The van der Waals surface area contributed by atoms with Crippen LogP contribution >= 0.6 is 11.6 Å². The summed E-state index contributed by atoms with van der Waals surface area (Å²) in [6, 6.07) is 11.4. The standard InChI is InChI=1S/C17H17ClN6O/c18-13-4-2-1-3-12(13)17(7-8-17)10-20-16(25)9-19-14-5-6-15-22-21-11-24(15)23-14/h1-6,11H,7-10H2,(H,19,23)(H,20,25). The van der Waals surface area contributed by atoms with E-state index in [2.05, 4.69) is 25.9 Å². The molecule has 0 radical (unpaired) electrons. The molecule has 128 valence electrons. The smallest absolute Gasteiger partial charge is 0.239 e. The second-order valence-electron chi connectivity index (χ2n) is 6.24. The number of aromatic nitrogens is 4. The molecule has 0 aliphatic heterocycles. The molecule has 0 atom stereocenters. The van der Waals surface area contributed by atoms with Gasteiger partial charge >= 0.3 is 0 Å². The van der Waals surface area contributed by atoms with Crippen LogP contribution in [0.25, 0.3) is 5.65 Å². The quantitative estimate of drug-likeness (QED) is 0.706. The monoisotopic (exact) mass is 356 g/mol. The zero-order valence-electron chi connectivity index (χ0n) is 13.4. The number of nitrogens with one attached hydrogen (secondary N) is 2. The minimum absolute atomic E-state index is 0.0202. The van der Waals surface area contributed by atoms with Crippen LogP contribution in [0.1, 0.15) is 18.4 Å². The Hall–Kier alpha value is -2.67. The molecule has 25 heavy (non-hydrogen) atoms. The van der Waals surface area contributed by atoms with E-state index < -0.39 is 0 Å². The van der Waals surface area contributed by atoms with Gasteiger partial charge in [-0.25, -0.2) is 0 Å². The van der Waals surface area contributed by atoms with E-state index in [0.717, 1.165) is 23.4 Å². The van der Waals surface area contributed by atoms with Crippen LogP contribution in [0, 0.1) is 0 Å². The van der Waals surface area contributed by atoms with Crippen molar-refractivity contribution in [1.29, 1.82) is 0 Å². The van der Waals surface area contributed by atoms with Crippen molar-refractivity contribution in [2.45, 2.75) is 18.3 Å². The van der Waals surface area contributed by atoms with Gasteiger partial charge in [0.2, 0.25) is 5.91 Å². The summed E-state index contributed by atoms with van der Waals surface area (Å²) in [7, 11) is 0. The first kappa shape index (κ1) is 15.8. The third kappa shape index (κ3) is 3.28. The first-order valence-corrected chi connectivity index (χ1v) is 8.47. The van der Waals surface area contributed by atoms with Gasteiger partial charge in [0, 0.05) is 17.0 Å². The van der Waals surface area contributed by atoms with Gasteiger partial charge in [-0.05, 0) is 36.6 Å². The van der Waals surface area contributed by atoms with Crippen molar-refractivity contribution in [2.24, 2.45) is 0 Å². The predicted molar refractivity (Wildman–Crippen MR) is 94.6 cm³/mol. The molecule has 1 aliphatic rings. The summed E-state index contributed by atoms with van der Waals surface area (Å²) < 4.78 is 1.55. The fourth-order valence-corrected chi connectivity index (χ4v) is 3.24. The Labute approximate surface area is 149 Å². The van der Waals surface area contributed by atoms with E-state index in [9.17, 15) is 4.79 Å². The second kappa shape index (κ2) is 6.33. The normalized spacial score (nSPS) is 15.1. The van der Waals surface area contributed by atoms with Gasteiger partial charge in [-0.1, -0.05) is 29.8 Å². The molecule has 1 fully saturated rings. The Balaban J connectivity index is 1.33. The Bertz CT molecular complexity index is 920. The molecule has 0 unspecified atom stereocenters. The van der Waals surface area contributed by atoms with Gasteiger partial charge in [0.25, 0.3) is 0 Å². The summed E-state index contributed by atoms with van der Waals surface area (Å²) >= 11 is 6.30. The molecule has 2 aromatic heterocycles. The summed E-state index contributed by atoms with van der Waals surface area (Å²) in [6.07, 6.45) is 3.59. The van der Waals surface area contributed by atoms with E-state index in [4.69, 9.17) is 11.6 Å². The van der Waals surface area contributed by atoms with E-state index in [1.165, 1.54) is 6.33 Å². The highest BCUT2D eigenvalue weighted by molar-refractivity contribution is 6.31. The lowest BCUT2D eigenvalue weighted by Gasteiger charge is -2.18. The molecule has 7 nitrogen and oxygen atoms in total. The second-order valence-corrected chi connectivity index (χ2v) is 6.65. The number of hydrogen-bond acceptors (Lipinski definition) is 5. The number of carbonyl (C=O) groups is 1. The zero-order valence-corrected chi connectivity index (χ0v) is 14.2. The molecule has 2 heterocycles. The Morgan fingerprint density at radius 2 is 2.08 bits per heavy atom. The van der Waals surface area contributed by atoms with Crippen LogP contribution in [0.3, 0.4) is 0 Å². The number of hydrogen-bond donors (Lipinski definition) is 2. The number of halogens is 1. The molecule has 2 N–H and O–H groups in total. The van der Waals surface area contributed by atoms with Crippen molar-refractivity contribution in [3.8, 4) is 0 Å². The molecule has 0 saturated heterocycles. The minimum atomic E-state index is -0.0796. The van der Waals surface area contributed by atoms with Gasteiger partial charge in [-0.3, -0.25) is 4.79 Å². The molecular formula is C17H17ClN6O. The fraction of sp³-hybridized carbons (Fsp3) is 0.294. The van der Waals surface area contributed by atoms with Gasteiger partial charge in [0.15, 0.2) is 5.65 Å². The molecule has 1 amide bonds. The molecule has 1 aliphatic carbocycles. The maximum Gasteiger partial charge on any atom is 0.239 e. The van der Waals surface area contributed by atoms with Crippen LogP contribution < -0.4 is 10.6 Å². The average Bonchev–Trinajstić information content (AvgIpc) is 3.27. The van der Waals surface area contributed by atoms with Crippen LogP contribution in [-0.4, -0.2) is 38.8 Å². The molecule has 1 aromatic carbocycles. The van der Waals surface area contributed by atoms with E-state index in [1.54, 1.807) is 16.6 Å². The molecule has 1 saturated carbocycles. The van der Waals surface area contributed by atoms with Crippen molar-refractivity contribution in [3.05, 3.63) is 53.3 Å². The van der Waals surface area contributed by atoms with Crippen molar-refractivity contribution < 1.29 is 4.79 Å². The number of benzene rings is 1. The van der Waals surface area contributed by atoms with Crippen LogP contribution in [0.4, 0.5) is 5.82 Å². The SMILES string of the molecule is O=C(CNc1ccc2nncn2n1)NCC1(c2ccccc2Cl)CC1. The topological polar surface area (TPSA) is 84.2 Å². The average molecular weight is 357 g/mol. The van der Waals surface area contributed by atoms with E-state index in [-0.39, 0.29) is 17.9 Å². The van der Waals surface area contributed by atoms with Crippen LogP contribution in [0.5, 0.6) is 0 Å². The lowest BCUT2D eigenvalue weighted by atomic mass is 9.96. The van der Waals surface area contributed by atoms with Gasteiger partial charge in [0.05, 0.1) is 6.54 Å². The van der Waals surface area contributed by atoms with E-state index in [1.807, 2.05) is 24.3 Å². The maximum absolute atomic E-state index is 12.2. The summed E-state index contributed by atoms with van der Waals surface area (Å²) in [5.74, 6) is 0.513. The molecule has 0 spiro atoms. The van der Waals surface area contributed by atoms with E-state index >= 15 is 0 Å². The van der Waals surface area contributed by atoms with Crippen molar-refractivity contribution in [2.75, 3.05) is 18.4 Å². The molecule has 8 heteroatoms. The highest BCUT2D eigenvalue weighted by Gasteiger charge is 2.45. The summed E-state index contributed by atoms with van der Waals surface area (Å²) in [5, 5.41) is 18.7. The van der Waals surface area contributed by atoms with Gasteiger partial charge in [-0.2, -0.15) is 4.52 Å². The number of rotatable bonds is 6. The third-order valence-corrected chi connectivity index (χ3v) is 4.84. The lowest BCUT2D eigenvalue weighted by Crippen LogP contribution is -2.36. The summed E-state index contributed by atoms with van der Waals surface area (Å²) in [6.45, 7) is 0.744. The fourth-order valence-electron chi connectivity index (χ4n) is 2.91. The van der Waals surface area contributed by atoms with Crippen molar-refractivity contribution in [3.63, 3.8) is 0 Å². The maximum atomic E-state index is 12.2. The van der Waals surface area contributed by atoms with Crippen molar-refractivity contribution >= 4 is 29.0 Å². The van der Waals surface area contributed by atoms with Crippen LogP contribution in [-0.2, 0) is 10.2 Å². The molecule has 0 bridgehead atoms. The number of fused-ring (bicyclic) bond motifs is 1. The first-order valence-electron chi connectivity index (χ1n) is 8.09. The van der Waals surface area contributed by atoms with Crippen LogP contribution in [0.2, 0.25) is 5.02 Å². The largest absolute Gasteiger partial charge is 0.360 e. The number of anilines is 1. The van der Waals surface area contributed by atoms with Crippen LogP contribution in [0.15, 0.2) is 42.7 Å². The van der Waals surface area contributed by atoms with Gasteiger partial charge in [-0.15, -0.1) is 15.3 Å². The lowest BCUT2D eigenvalue weighted by molar-refractivity contribution is -0.119. The highest BCUT2D eigenvalue weighted by Crippen LogP contribution is 2.49. The molecule has 4 rings (SSSR count). The molecular weight excluding hydrogens is 340 g/mol. The number of carbonyl (C=O) groups excluding carboxylic acids is 1. The summed E-state index contributed by atoms with van der Waals surface area (Å²) in [4.78, 5) is 12.2. The number of amides is 1. The Morgan fingerprint density at radius 1 is 1.24 bits per heavy atom. The van der Waals surface area contributed by atoms with Crippen molar-refractivity contribution in [1.82, 2.24) is 25.1 Å². The minimum Gasteiger partial charge on any atom is -0.360 e. The summed E-state index contributed by atoms with van der Waals surface area (Å²) in [5.41, 5.74) is 1.75. The van der Waals surface area contributed by atoms with Gasteiger partial charge < -0.3 is 10.6 Å². The Morgan fingerprint density at radius 3 is 2.88 bits per heavy atom. The van der Waals surface area contributed by atoms with Gasteiger partial charge in [0.1, 0.15) is 12.1 Å². The Kier molecular flexibility index (Phi) is 4.01. The molecule has 3 aromatic rings. The number of nitrogens with zero attached hydrogens (tertiary/aromatic N) is 4. The highest BCUT2D eigenvalue weighted by atomic mass is 35.5. The third-order valence-electron chi connectivity index (χ3n) is 4.51. The predicted octanol–water partition coefficient (Wildman–Crippen LogP) is 2.04. The zero-order chi connectivity index (χ0) is 17.3. The van der Waals surface area contributed by atoms with E-state index in [0.29, 0.717) is 18.0 Å².